The van der Waals surface area contributed by atoms with Crippen molar-refractivity contribution in [2.45, 2.75) is 39.2 Å². The quantitative estimate of drug-likeness (QED) is 0.886. The van der Waals surface area contributed by atoms with Crippen molar-refractivity contribution in [2.75, 3.05) is 18.0 Å². The van der Waals surface area contributed by atoms with Crippen molar-refractivity contribution in [3.8, 4) is 0 Å². The van der Waals surface area contributed by atoms with Crippen LogP contribution in [0, 0.1) is 12.8 Å². The number of halogens is 1. The summed E-state index contributed by atoms with van der Waals surface area (Å²) in [4.78, 5) is 2.46. The van der Waals surface area contributed by atoms with Gasteiger partial charge in [-0.15, -0.1) is 0 Å². The lowest BCUT2D eigenvalue weighted by atomic mass is 9.78. The number of benzene rings is 1. The van der Waals surface area contributed by atoms with Gasteiger partial charge in [0.1, 0.15) is 0 Å². The van der Waals surface area contributed by atoms with Gasteiger partial charge in [-0.25, -0.2) is 0 Å². The molecule has 0 bridgehead atoms. The molecular formula is C15H23ClN2. The third-order valence-electron chi connectivity index (χ3n) is 4.38. The number of anilines is 1. The second-order valence-corrected chi connectivity index (χ2v) is 6.22. The molecule has 0 amide bonds. The molecule has 1 aliphatic heterocycles. The number of aryl methyl sites for hydroxylation is 1. The Hall–Kier alpha value is -0.730. The summed E-state index contributed by atoms with van der Waals surface area (Å²) >= 11 is 6.25. The first-order chi connectivity index (χ1) is 8.46. The number of hydrogen-bond donors (Lipinski definition) is 1. The lowest BCUT2D eigenvalue weighted by molar-refractivity contribution is 0.245. The fraction of sp³-hybridized carbons (Fsp3) is 0.600. The molecule has 3 heteroatoms. The van der Waals surface area contributed by atoms with E-state index >= 15 is 0 Å². The molecule has 0 aromatic heterocycles. The number of nitrogens with zero attached hydrogens (tertiary/aromatic N) is 1. The first kappa shape index (κ1) is 13.7. The van der Waals surface area contributed by atoms with Gasteiger partial charge in [-0.2, -0.15) is 0 Å². The molecule has 1 aromatic carbocycles. The zero-order chi connectivity index (χ0) is 13.3. The predicted octanol–water partition coefficient (Wildman–Crippen LogP) is 3.60. The van der Waals surface area contributed by atoms with E-state index in [4.69, 9.17) is 17.3 Å². The van der Waals surface area contributed by atoms with Gasteiger partial charge in [-0.1, -0.05) is 17.7 Å². The molecule has 2 N–H and O–H groups in total. The maximum atomic E-state index is 6.25. The lowest BCUT2D eigenvalue weighted by Crippen LogP contribution is -2.55. The molecule has 2 rings (SSSR count). The van der Waals surface area contributed by atoms with Gasteiger partial charge in [0, 0.05) is 22.8 Å². The van der Waals surface area contributed by atoms with E-state index in [1.165, 1.54) is 18.5 Å². The maximum Gasteiger partial charge on any atom is 0.0455 e. The summed E-state index contributed by atoms with van der Waals surface area (Å²) in [6, 6.07) is 6.35. The number of nitrogens with two attached hydrogens (primary N) is 1. The Balaban J connectivity index is 2.33. The van der Waals surface area contributed by atoms with Crippen LogP contribution in [0.3, 0.4) is 0 Å². The van der Waals surface area contributed by atoms with Crippen molar-refractivity contribution >= 4 is 17.3 Å². The van der Waals surface area contributed by atoms with E-state index in [0.29, 0.717) is 5.92 Å². The van der Waals surface area contributed by atoms with E-state index in [9.17, 15) is 0 Å². The minimum atomic E-state index is 0.103. The normalized spacial score (nSPS) is 23.2. The first-order valence-electron chi connectivity index (χ1n) is 6.70. The van der Waals surface area contributed by atoms with Crippen LogP contribution in [-0.2, 0) is 0 Å². The lowest BCUT2D eigenvalue weighted by Gasteiger charge is -2.49. The average molecular weight is 267 g/mol. The van der Waals surface area contributed by atoms with Crippen LogP contribution in [0.1, 0.15) is 32.3 Å². The van der Waals surface area contributed by atoms with Crippen LogP contribution in [0.2, 0.25) is 5.02 Å². The second-order valence-electron chi connectivity index (χ2n) is 5.81. The molecule has 1 aliphatic rings. The molecule has 100 valence electrons. The molecule has 18 heavy (non-hydrogen) atoms. The Morgan fingerprint density at radius 3 is 2.78 bits per heavy atom. The molecule has 2 nitrogen and oxygen atoms in total. The third-order valence-corrected chi connectivity index (χ3v) is 4.79. The van der Waals surface area contributed by atoms with E-state index in [0.717, 1.165) is 23.7 Å². The molecule has 1 fully saturated rings. The molecule has 0 aliphatic carbocycles. The summed E-state index contributed by atoms with van der Waals surface area (Å²) in [5.41, 5.74) is 8.37. The Morgan fingerprint density at radius 1 is 1.44 bits per heavy atom. The predicted molar refractivity (Wildman–Crippen MR) is 79.4 cm³/mol. The monoisotopic (exact) mass is 266 g/mol. The van der Waals surface area contributed by atoms with Crippen molar-refractivity contribution in [3.63, 3.8) is 0 Å². The van der Waals surface area contributed by atoms with Crippen LogP contribution in [0.25, 0.3) is 0 Å². The number of hydrogen-bond acceptors (Lipinski definition) is 2. The summed E-state index contributed by atoms with van der Waals surface area (Å²) in [7, 11) is 0. The highest BCUT2D eigenvalue weighted by atomic mass is 35.5. The minimum Gasteiger partial charge on any atom is -0.366 e. The van der Waals surface area contributed by atoms with Crippen molar-refractivity contribution in [3.05, 3.63) is 28.8 Å². The molecular weight excluding hydrogens is 244 g/mol. The molecule has 1 atom stereocenters. The Labute approximate surface area is 115 Å². The Kier molecular flexibility index (Phi) is 3.88. The van der Waals surface area contributed by atoms with Crippen molar-refractivity contribution in [1.29, 1.82) is 0 Å². The average Bonchev–Trinajstić information content (AvgIpc) is 2.32. The topological polar surface area (TPSA) is 29.3 Å². The van der Waals surface area contributed by atoms with Gasteiger partial charge in [0.2, 0.25) is 0 Å². The van der Waals surface area contributed by atoms with Crippen LogP contribution in [0.5, 0.6) is 0 Å². The van der Waals surface area contributed by atoms with Gasteiger partial charge in [0.05, 0.1) is 0 Å². The summed E-state index contributed by atoms with van der Waals surface area (Å²) < 4.78 is 0. The summed E-state index contributed by atoms with van der Waals surface area (Å²) in [5, 5.41) is 0.846. The Morgan fingerprint density at radius 2 is 2.17 bits per heavy atom. The summed E-state index contributed by atoms with van der Waals surface area (Å²) in [6.07, 6.45) is 2.43. The van der Waals surface area contributed by atoms with E-state index in [-0.39, 0.29) is 5.54 Å². The number of rotatable bonds is 2. The molecule has 1 aromatic rings. The first-order valence-corrected chi connectivity index (χ1v) is 7.08. The second kappa shape index (κ2) is 5.10. The van der Waals surface area contributed by atoms with Gasteiger partial charge in [0.25, 0.3) is 0 Å². The standard InChI is InChI=1S/C15H23ClN2/c1-11-6-7-13(9-14(11)16)18-8-4-5-12(10-17)15(18,2)3/h6-7,9,12H,4-5,8,10,17H2,1-3H3. The SMILES string of the molecule is Cc1ccc(N2CCCC(CN)C2(C)C)cc1Cl. The molecule has 0 spiro atoms. The van der Waals surface area contributed by atoms with E-state index < -0.39 is 0 Å². The van der Waals surface area contributed by atoms with Crippen molar-refractivity contribution in [2.24, 2.45) is 11.7 Å². The molecule has 1 saturated heterocycles. The molecule has 1 heterocycles. The Bertz CT molecular complexity index is 429. The molecule has 0 radical (unpaired) electrons. The number of piperidine rings is 1. The van der Waals surface area contributed by atoms with Gasteiger partial charge in [-0.05, 0) is 63.8 Å². The van der Waals surface area contributed by atoms with Crippen LogP contribution in [-0.4, -0.2) is 18.6 Å². The highest BCUT2D eigenvalue weighted by molar-refractivity contribution is 6.31. The fourth-order valence-electron chi connectivity index (χ4n) is 2.98. The van der Waals surface area contributed by atoms with Gasteiger partial charge >= 0.3 is 0 Å². The molecule has 1 unspecified atom stereocenters. The zero-order valence-electron chi connectivity index (χ0n) is 11.5. The van der Waals surface area contributed by atoms with Gasteiger partial charge < -0.3 is 10.6 Å². The summed E-state index contributed by atoms with van der Waals surface area (Å²) in [6.45, 7) is 8.46. The largest absolute Gasteiger partial charge is 0.366 e. The highest BCUT2D eigenvalue weighted by Crippen LogP contribution is 2.37. The van der Waals surface area contributed by atoms with Crippen molar-refractivity contribution in [1.82, 2.24) is 0 Å². The van der Waals surface area contributed by atoms with Crippen molar-refractivity contribution < 1.29 is 0 Å². The maximum absolute atomic E-state index is 6.25. The highest BCUT2D eigenvalue weighted by Gasteiger charge is 2.37. The van der Waals surface area contributed by atoms with E-state index in [2.05, 4.69) is 36.9 Å². The van der Waals surface area contributed by atoms with Crippen LogP contribution >= 0.6 is 11.6 Å². The fourth-order valence-corrected chi connectivity index (χ4v) is 3.15. The molecule has 0 saturated carbocycles. The third kappa shape index (κ3) is 2.36. The van der Waals surface area contributed by atoms with Crippen LogP contribution in [0.15, 0.2) is 18.2 Å². The van der Waals surface area contributed by atoms with E-state index in [1.54, 1.807) is 0 Å². The zero-order valence-corrected chi connectivity index (χ0v) is 12.3. The van der Waals surface area contributed by atoms with E-state index in [1.807, 2.05) is 6.92 Å². The smallest absolute Gasteiger partial charge is 0.0455 e. The minimum absolute atomic E-state index is 0.103. The van der Waals surface area contributed by atoms with Gasteiger partial charge in [0.15, 0.2) is 0 Å². The van der Waals surface area contributed by atoms with Crippen LogP contribution < -0.4 is 10.6 Å². The van der Waals surface area contributed by atoms with Crippen LogP contribution in [0.4, 0.5) is 5.69 Å². The van der Waals surface area contributed by atoms with Gasteiger partial charge in [-0.3, -0.25) is 0 Å². The summed E-state index contributed by atoms with van der Waals surface area (Å²) in [5.74, 6) is 0.548.